The smallest absolute Gasteiger partial charge is 0.227 e. The molecule has 0 saturated heterocycles. The van der Waals surface area contributed by atoms with Gasteiger partial charge >= 0.3 is 0 Å². The van der Waals surface area contributed by atoms with Crippen molar-refractivity contribution in [2.45, 2.75) is 0 Å². The van der Waals surface area contributed by atoms with Crippen LogP contribution in [0.3, 0.4) is 0 Å². The molecule has 3 aromatic heterocycles. The van der Waals surface area contributed by atoms with Gasteiger partial charge in [-0.25, -0.2) is 4.98 Å². The molecule has 0 aliphatic heterocycles. The van der Waals surface area contributed by atoms with E-state index in [9.17, 15) is 0 Å². The number of para-hydroxylation sites is 2. The Morgan fingerprint density at radius 3 is 2.21 bits per heavy atom. The molecular formula is C35H20N2O2. The van der Waals surface area contributed by atoms with Crippen molar-refractivity contribution >= 4 is 65.6 Å². The Bertz CT molecular complexity index is 2390. The highest BCUT2D eigenvalue weighted by atomic mass is 16.4. The molecule has 0 aliphatic rings. The topological polar surface area (TPSA) is 44.1 Å². The summed E-state index contributed by atoms with van der Waals surface area (Å²) in [5.41, 5.74) is 7.57. The van der Waals surface area contributed by atoms with Gasteiger partial charge in [-0.2, -0.15) is 0 Å². The highest BCUT2D eigenvalue weighted by molar-refractivity contribution is 6.17. The molecule has 0 unspecified atom stereocenters. The lowest BCUT2D eigenvalue weighted by atomic mass is 10.1. The first-order valence-corrected chi connectivity index (χ1v) is 13.1. The third kappa shape index (κ3) is 2.91. The molecule has 0 amide bonds. The number of rotatable bonds is 2. The summed E-state index contributed by atoms with van der Waals surface area (Å²) in [5.74, 6) is 0.597. The second kappa shape index (κ2) is 7.59. The summed E-state index contributed by atoms with van der Waals surface area (Å²) in [4.78, 5) is 4.91. The molecule has 182 valence electrons. The van der Waals surface area contributed by atoms with Crippen molar-refractivity contribution in [3.05, 3.63) is 121 Å². The SMILES string of the molecule is c1ccc(-n2c3cc(-c4nc5ccc6oc7ccccc7c6c5o4)ccc3c3cc4ccccc4cc32)cc1. The van der Waals surface area contributed by atoms with E-state index < -0.39 is 0 Å². The molecule has 39 heavy (non-hydrogen) atoms. The summed E-state index contributed by atoms with van der Waals surface area (Å²) in [6.45, 7) is 0. The second-order valence-corrected chi connectivity index (χ2v) is 10.0. The molecule has 0 radical (unpaired) electrons. The summed E-state index contributed by atoms with van der Waals surface area (Å²) in [7, 11) is 0. The van der Waals surface area contributed by atoms with Gasteiger partial charge in [0.15, 0.2) is 5.58 Å². The number of hydrogen-bond acceptors (Lipinski definition) is 3. The predicted octanol–water partition coefficient (Wildman–Crippen LogP) is 9.64. The van der Waals surface area contributed by atoms with Crippen molar-refractivity contribution < 1.29 is 8.83 Å². The van der Waals surface area contributed by atoms with Crippen molar-refractivity contribution in [1.29, 1.82) is 0 Å². The molecule has 9 rings (SSSR count). The molecule has 0 N–H and O–H groups in total. The number of fused-ring (bicyclic) bond motifs is 9. The minimum Gasteiger partial charge on any atom is -0.456 e. The normalized spacial score (nSPS) is 12.1. The van der Waals surface area contributed by atoms with Crippen molar-refractivity contribution in [2.75, 3.05) is 0 Å². The van der Waals surface area contributed by atoms with Crippen LogP contribution in [0.15, 0.2) is 130 Å². The molecule has 0 atom stereocenters. The lowest BCUT2D eigenvalue weighted by Crippen LogP contribution is -1.93. The molecule has 0 spiro atoms. The van der Waals surface area contributed by atoms with E-state index in [4.69, 9.17) is 13.8 Å². The molecule has 0 bridgehead atoms. The maximum absolute atomic E-state index is 6.49. The van der Waals surface area contributed by atoms with E-state index >= 15 is 0 Å². The van der Waals surface area contributed by atoms with Gasteiger partial charge in [-0.1, -0.05) is 66.7 Å². The summed E-state index contributed by atoms with van der Waals surface area (Å²) < 4.78 is 14.9. The Morgan fingerprint density at radius 2 is 1.31 bits per heavy atom. The summed E-state index contributed by atoms with van der Waals surface area (Å²) in [5, 5.41) is 6.88. The third-order valence-corrected chi connectivity index (χ3v) is 7.79. The highest BCUT2D eigenvalue weighted by Crippen LogP contribution is 2.39. The predicted molar refractivity (Wildman–Crippen MR) is 159 cm³/mol. The summed E-state index contributed by atoms with van der Waals surface area (Å²) in [6.07, 6.45) is 0. The first kappa shape index (κ1) is 20.7. The van der Waals surface area contributed by atoms with Gasteiger partial charge in [0.2, 0.25) is 5.89 Å². The van der Waals surface area contributed by atoms with Crippen molar-refractivity contribution in [3.63, 3.8) is 0 Å². The van der Waals surface area contributed by atoms with Crippen LogP contribution >= 0.6 is 0 Å². The van der Waals surface area contributed by atoms with E-state index in [1.54, 1.807) is 0 Å². The van der Waals surface area contributed by atoms with E-state index in [2.05, 4.69) is 95.6 Å². The fourth-order valence-corrected chi connectivity index (χ4v) is 6.01. The average Bonchev–Trinajstić information content (AvgIpc) is 3.67. The monoisotopic (exact) mass is 500 g/mol. The minimum atomic E-state index is 0.597. The second-order valence-electron chi connectivity index (χ2n) is 10.0. The van der Waals surface area contributed by atoms with E-state index in [0.29, 0.717) is 5.89 Å². The Morgan fingerprint density at radius 1 is 0.538 bits per heavy atom. The largest absolute Gasteiger partial charge is 0.456 e. The third-order valence-electron chi connectivity index (χ3n) is 7.79. The van der Waals surface area contributed by atoms with Crippen LogP contribution in [0, 0.1) is 0 Å². The first-order chi connectivity index (χ1) is 19.3. The average molecular weight is 501 g/mol. The van der Waals surface area contributed by atoms with Crippen molar-refractivity contribution in [2.24, 2.45) is 0 Å². The van der Waals surface area contributed by atoms with Crippen molar-refractivity contribution in [3.8, 4) is 17.1 Å². The van der Waals surface area contributed by atoms with E-state index in [1.165, 1.54) is 27.1 Å². The zero-order valence-electron chi connectivity index (χ0n) is 20.8. The molecule has 3 heterocycles. The van der Waals surface area contributed by atoms with Crippen LogP contribution in [0.1, 0.15) is 0 Å². The molecule has 4 heteroatoms. The van der Waals surface area contributed by atoms with Gasteiger partial charge in [0.05, 0.1) is 16.4 Å². The summed E-state index contributed by atoms with van der Waals surface area (Å²) >= 11 is 0. The number of aromatic nitrogens is 2. The van der Waals surface area contributed by atoms with Crippen LogP contribution in [0.5, 0.6) is 0 Å². The molecule has 0 fully saturated rings. The summed E-state index contributed by atoms with van der Waals surface area (Å²) in [6, 6.07) is 42.2. The molecule has 0 saturated carbocycles. The highest BCUT2D eigenvalue weighted by Gasteiger charge is 2.19. The van der Waals surface area contributed by atoms with Gasteiger partial charge in [-0.15, -0.1) is 0 Å². The molecule has 0 aliphatic carbocycles. The van der Waals surface area contributed by atoms with E-state index in [-0.39, 0.29) is 0 Å². The molecular weight excluding hydrogens is 480 g/mol. The zero-order valence-corrected chi connectivity index (χ0v) is 20.8. The number of benzene rings is 6. The Balaban J connectivity index is 1.34. The maximum atomic E-state index is 6.49. The first-order valence-electron chi connectivity index (χ1n) is 13.1. The standard InChI is InChI=1S/C35H20N2O2/c1-2-10-24(11-3-1)37-29-20-23(14-15-25(29)27-18-21-8-4-5-9-22(21)19-30(27)37)35-36-28-16-17-32-33(34(28)39-35)26-12-6-7-13-31(26)38-32/h1-20H. The van der Waals surface area contributed by atoms with Gasteiger partial charge < -0.3 is 13.4 Å². The number of nitrogens with zero attached hydrogens (tertiary/aromatic N) is 2. The fraction of sp³-hybridized carbons (Fsp3) is 0. The Kier molecular flexibility index (Phi) is 4.02. The Labute approximate surface area is 222 Å². The van der Waals surface area contributed by atoms with Crippen LogP contribution in [0.2, 0.25) is 0 Å². The van der Waals surface area contributed by atoms with Crippen LogP contribution in [0.25, 0.3) is 82.8 Å². The number of furan rings is 1. The van der Waals surface area contributed by atoms with E-state index in [1.807, 2.05) is 30.3 Å². The quantitative estimate of drug-likeness (QED) is 0.237. The molecule has 4 nitrogen and oxygen atoms in total. The van der Waals surface area contributed by atoms with Gasteiger partial charge in [-0.3, -0.25) is 0 Å². The van der Waals surface area contributed by atoms with Crippen LogP contribution in [-0.4, -0.2) is 9.55 Å². The van der Waals surface area contributed by atoms with Crippen LogP contribution < -0.4 is 0 Å². The van der Waals surface area contributed by atoms with Gasteiger partial charge in [-0.05, 0) is 65.4 Å². The van der Waals surface area contributed by atoms with Crippen molar-refractivity contribution in [1.82, 2.24) is 9.55 Å². The maximum Gasteiger partial charge on any atom is 0.227 e. The zero-order chi connectivity index (χ0) is 25.5. The fourth-order valence-electron chi connectivity index (χ4n) is 6.01. The lowest BCUT2D eigenvalue weighted by molar-refractivity contribution is 0.622. The van der Waals surface area contributed by atoms with Gasteiger partial charge in [0.25, 0.3) is 0 Å². The molecule has 9 aromatic rings. The van der Waals surface area contributed by atoms with Gasteiger partial charge in [0, 0.05) is 27.4 Å². The number of hydrogen-bond donors (Lipinski definition) is 0. The lowest BCUT2D eigenvalue weighted by Gasteiger charge is -2.08. The molecule has 6 aromatic carbocycles. The van der Waals surface area contributed by atoms with Crippen LogP contribution in [-0.2, 0) is 0 Å². The van der Waals surface area contributed by atoms with Crippen LogP contribution in [0.4, 0.5) is 0 Å². The van der Waals surface area contributed by atoms with Gasteiger partial charge in [0.1, 0.15) is 16.7 Å². The number of oxazole rings is 1. The minimum absolute atomic E-state index is 0.597. The Hall–Kier alpha value is -5.35. The van der Waals surface area contributed by atoms with E-state index in [0.717, 1.165) is 49.8 Å².